The third kappa shape index (κ3) is 5.46. The Morgan fingerprint density at radius 1 is 1.14 bits per heavy atom. The minimum absolute atomic E-state index is 0.0251. The number of nitrogens with zero attached hydrogens (tertiary/aromatic N) is 2. The molecule has 1 unspecified atom stereocenters. The Balaban J connectivity index is 2.18. The van der Waals surface area contributed by atoms with Gasteiger partial charge in [0.1, 0.15) is 11.5 Å². The van der Waals surface area contributed by atoms with Crippen molar-refractivity contribution in [2.45, 2.75) is 26.8 Å². The molecule has 1 saturated heterocycles. The molecule has 0 saturated carbocycles. The molecule has 0 aromatic heterocycles. The summed E-state index contributed by atoms with van der Waals surface area (Å²) in [6.45, 7) is 8.80. The molecule has 1 heterocycles. The molecule has 1 atom stereocenters. The molecule has 3 rings (SSSR count). The number of halogens is 1. The first-order valence-electron chi connectivity index (χ1n) is 11.6. The first kappa shape index (κ1) is 26.6. The Morgan fingerprint density at radius 2 is 1.86 bits per heavy atom. The van der Waals surface area contributed by atoms with Crippen molar-refractivity contribution < 1.29 is 29.3 Å². The highest BCUT2D eigenvalue weighted by Gasteiger charge is 2.46. The molecule has 2 aromatic rings. The van der Waals surface area contributed by atoms with Gasteiger partial charge >= 0.3 is 0 Å². The Labute approximate surface area is 213 Å². The summed E-state index contributed by atoms with van der Waals surface area (Å²) in [6, 6.07) is 9.09. The normalized spacial score (nSPS) is 17.3. The first-order valence-corrected chi connectivity index (χ1v) is 12.4. The van der Waals surface area contributed by atoms with Gasteiger partial charge in [-0.25, -0.2) is 0 Å². The number of amides is 1. The molecule has 1 aliphatic rings. The highest BCUT2D eigenvalue weighted by molar-refractivity contribution is 9.10. The molecular weight excluding hydrogens is 516 g/mol. The lowest BCUT2D eigenvalue weighted by Gasteiger charge is -2.28. The van der Waals surface area contributed by atoms with E-state index < -0.39 is 17.7 Å². The summed E-state index contributed by atoms with van der Waals surface area (Å²) in [5, 5.41) is 21.6. The van der Waals surface area contributed by atoms with Crippen LogP contribution in [0.1, 0.15) is 37.9 Å². The number of methoxy groups -OCH3 is 1. The van der Waals surface area contributed by atoms with Crippen LogP contribution in [0.15, 0.2) is 46.4 Å². The maximum atomic E-state index is 13.3. The van der Waals surface area contributed by atoms with E-state index in [9.17, 15) is 19.8 Å². The zero-order valence-electron chi connectivity index (χ0n) is 20.4. The number of carbonyl (C=O) groups is 2. The van der Waals surface area contributed by atoms with E-state index in [1.807, 2.05) is 20.8 Å². The van der Waals surface area contributed by atoms with Crippen molar-refractivity contribution in [3.8, 4) is 17.2 Å². The Kier molecular flexibility index (Phi) is 8.80. The van der Waals surface area contributed by atoms with E-state index in [0.717, 1.165) is 13.1 Å². The molecule has 0 spiro atoms. The minimum atomic E-state index is -0.868. The zero-order valence-corrected chi connectivity index (χ0v) is 22.0. The third-order valence-electron chi connectivity index (χ3n) is 6.10. The number of phenolic OH excluding ortho intramolecular Hbond substituents is 1. The number of aromatic hydroxyl groups is 1. The van der Waals surface area contributed by atoms with Gasteiger partial charge in [-0.05, 0) is 65.8 Å². The molecule has 1 aliphatic heterocycles. The van der Waals surface area contributed by atoms with Crippen LogP contribution in [0.5, 0.6) is 17.2 Å². The van der Waals surface area contributed by atoms with E-state index in [4.69, 9.17) is 9.47 Å². The molecule has 0 aliphatic carbocycles. The van der Waals surface area contributed by atoms with Crippen LogP contribution in [0.25, 0.3) is 5.76 Å². The summed E-state index contributed by atoms with van der Waals surface area (Å²) < 4.78 is 11.2. The van der Waals surface area contributed by atoms with Crippen molar-refractivity contribution in [3.05, 3.63) is 57.6 Å². The molecule has 1 amide bonds. The third-order valence-corrected chi connectivity index (χ3v) is 6.70. The van der Waals surface area contributed by atoms with E-state index in [0.29, 0.717) is 34.5 Å². The number of ketones is 1. The van der Waals surface area contributed by atoms with Crippen LogP contribution < -0.4 is 9.47 Å². The van der Waals surface area contributed by atoms with Gasteiger partial charge in [0.15, 0.2) is 11.5 Å². The van der Waals surface area contributed by atoms with E-state index >= 15 is 0 Å². The van der Waals surface area contributed by atoms with Crippen LogP contribution >= 0.6 is 15.9 Å². The fourth-order valence-electron chi connectivity index (χ4n) is 4.21. The summed E-state index contributed by atoms with van der Waals surface area (Å²) in [5.74, 6) is -1.12. The fourth-order valence-corrected chi connectivity index (χ4v) is 4.67. The summed E-state index contributed by atoms with van der Waals surface area (Å²) >= 11 is 3.33. The standard InChI is InChI=1S/C26H31BrN2O6/c1-5-28(6-2)11-12-29-22(17-14-19(27)24(31)20(15-17)34-4)21(25(32)26(29)33)23(30)16-9-8-10-18(13-16)35-7-3/h8-10,13-15,22,30-31H,5-7,11-12H2,1-4H3/b23-21+. The predicted molar refractivity (Wildman–Crippen MR) is 137 cm³/mol. The molecule has 2 aromatic carbocycles. The zero-order chi connectivity index (χ0) is 25.7. The Bertz CT molecular complexity index is 1130. The Hall–Kier alpha value is -3.04. The van der Waals surface area contributed by atoms with Crippen LogP contribution in [0, 0.1) is 0 Å². The highest BCUT2D eigenvalue weighted by Crippen LogP contribution is 2.44. The number of hydrogen-bond donors (Lipinski definition) is 2. The van der Waals surface area contributed by atoms with Gasteiger partial charge in [-0.2, -0.15) is 0 Å². The van der Waals surface area contributed by atoms with Crippen molar-refractivity contribution in [2.75, 3.05) is 39.9 Å². The van der Waals surface area contributed by atoms with E-state index in [2.05, 4.69) is 20.8 Å². The molecule has 8 nitrogen and oxygen atoms in total. The van der Waals surface area contributed by atoms with Crippen LogP contribution in [0.4, 0.5) is 0 Å². The lowest BCUT2D eigenvalue weighted by atomic mass is 9.95. The van der Waals surface area contributed by atoms with Crippen LogP contribution in [0.3, 0.4) is 0 Å². The van der Waals surface area contributed by atoms with Gasteiger partial charge in [0.2, 0.25) is 0 Å². The summed E-state index contributed by atoms with van der Waals surface area (Å²) in [5.41, 5.74) is 0.864. The molecule has 2 N–H and O–H groups in total. The van der Waals surface area contributed by atoms with Gasteiger partial charge < -0.3 is 29.5 Å². The number of carbonyl (C=O) groups excluding carboxylic acids is 2. The second-order valence-electron chi connectivity index (χ2n) is 8.03. The molecule has 0 radical (unpaired) electrons. The van der Waals surface area contributed by atoms with Crippen LogP contribution in [-0.2, 0) is 9.59 Å². The maximum Gasteiger partial charge on any atom is 0.295 e. The highest BCUT2D eigenvalue weighted by atomic mass is 79.9. The van der Waals surface area contributed by atoms with Gasteiger partial charge in [0.25, 0.3) is 11.7 Å². The number of phenols is 1. The summed E-state index contributed by atoms with van der Waals surface area (Å²) in [6.07, 6.45) is 0. The number of ether oxygens (including phenoxy) is 2. The average Bonchev–Trinajstić information content (AvgIpc) is 3.11. The van der Waals surface area contributed by atoms with E-state index in [1.54, 1.807) is 36.4 Å². The van der Waals surface area contributed by atoms with Gasteiger partial charge in [-0.15, -0.1) is 0 Å². The average molecular weight is 547 g/mol. The number of rotatable bonds is 10. The summed E-state index contributed by atoms with van der Waals surface area (Å²) in [7, 11) is 1.42. The number of Topliss-reactive ketones (excluding diaryl/α,β-unsaturated/α-hetero) is 1. The quantitative estimate of drug-likeness (QED) is 0.260. The second-order valence-corrected chi connectivity index (χ2v) is 8.89. The van der Waals surface area contributed by atoms with Gasteiger partial charge in [0, 0.05) is 18.7 Å². The monoisotopic (exact) mass is 546 g/mol. The molecular formula is C26H31BrN2O6. The minimum Gasteiger partial charge on any atom is -0.507 e. The summed E-state index contributed by atoms with van der Waals surface area (Å²) in [4.78, 5) is 30.1. The first-order chi connectivity index (χ1) is 16.8. The van der Waals surface area contributed by atoms with E-state index in [1.165, 1.54) is 12.0 Å². The smallest absolute Gasteiger partial charge is 0.295 e. The topological polar surface area (TPSA) is 99.5 Å². The number of likely N-dealkylation sites (tertiary alicyclic amines) is 1. The van der Waals surface area contributed by atoms with Gasteiger partial charge in [0.05, 0.1) is 29.8 Å². The number of likely N-dealkylation sites (N-methyl/N-ethyl adjacent to an activating group) is 1. The van der Waals surface area contributed by atoms with Crippen molar-refractivity contribution >= 4 is 33.4 Å². The number of benzene rings is 2. The molecule has 35 heavy (non-hydrogen) atoms. The van der Waals surface area contributed by atoms with Crippen molar-refractivity contribution in [1.82, 2.24) is 9.80 Å². The maximum absolute atomic E-state index is 13.3. The predicted octanol–water partition coefficient (Wildman–Crippen LogP) is 4.33. The van der Waals surface area contributed by atoms with Crippen LogP contribution in [0.2, 0.25) is 0 Å². The van der Waals surface area contributed by atoms with Crippen molar-refractivity contribution in [2.24, 2.45) is 0 Å². The molecule has 9 heteroatoms. The number of hydrogen-bond acceptors (Lipinski definition) is 7. The fraction of sp³-hybridized carbons (Fsp3) is 0.385. The lowest BCUT2D eigenvalue weighted by Crippen LogP contribution is -2.38. The van der Waals surface area contributed by atoms with Crippen molar-refractivity contribution in [1.29, 1.82) is 0 Å². The SMILES string of the molecule is CCOc1cccc(/C(O)=C2\C(=O)C(=O)N(CCN(CC)CC)C2c2cc(Br)c(O)c(OC)c2)c1. The number of aliphatic hydroxyl groups is 1. The van der Waals surface area contributed by atoms with Crippen LogP contribution in [-0.4, -0.2) is 71.6 Å². The number of aliphatic hydroxyl groups excluding tert-OH is 1. The molecule has 188 valence electrons. The Morgan fingerprint density at radius 3 is 2.49 bits per heavy atom. The largest absolute Gasteiger partial charge is 0.507 e. The van der Waals surface area contributed by atoms with Gasteiger partial charge in [-0.3, -0.25) is 9.59 Å². The molecule has 1 fully saturated rings. The second kappa shape index (κ2) is 11.6. The lowest BCUT2D eigenvalue weighted by molar-refractivity contribution is -0.140. The van der Waals surface area contributed by atoms with Crippen molar-refractivity contribution in [3.63, 3.8) is 0 Å². The molecule has 0 bridgehead atoms. The van der Waals surface area contributed by atoms with Gasteiger partial charge in [-0.1, -0.05) is 26.0 Å². The van der Waals surface area contributed by atoms with E-state index in [-0.39, 0.29) is 29.4 Å².